The van der Waals surface area contributed by atoms with Crippen molar-refractivity contribution in [3.05, 3.63) is 28.8 Å². The number of rotatable bonds is 4. The molecule has 122 valence electrons. The molecule has 23 heavy (non-hydrogen) atoms. The van der Waals surface area contributed by atoms with E-state index in [-0.39, 0.29) is 28.8 Å². The van der Waals surface area contributed by atoms with Gasteiger partial charge in [0.1, 0.15) is 11.0 Å². The highest BCUT2D eigenvalue weighted by molar-refractivity contribution is 8.00. The van der Waals surface area contributed by atoms with Crippen LogP contribution in [0.3, 0.4) is 0 Å². The third-order valence-electron chi connectivity index (χ3n) is 3.30. The van der Waals surface area contributed by atoms with Crippen LogP contribution in [0.5, 0.6) is 5.75 Å². The van der Waals surface area contributed by atoms with Crippen LogP contribution in [0.2, 0.25) is 5.02 Å². The minimum absolute atomic E-state index is 0.176. The van der Waals surface area contributed by atoms with E-state index in [1.54, 1.807) is 17.0 Å². The Morgan fingerprint density at radius 1 is 1.52 bits per heavy atom. The Labute approximate surface area is 143 Å². The molecular weight excluding hydrogens is 340 g/mol. The predicted octanol–water partition coefficient (Wildman–Crippen LogP) is 1.71. The van der Waals surface area contributed by atoms with Gasteiger partial charge in [-0.2, -0.15) is 5.26 Å². The van der Waals surface area contributed by atoms with Crippen LogP contribution in [0.25, 0.3) is 0 Å². The van der Waals surface area contributed by atoms with Crippen molar-refractivity contribution in [1.82, 2.24) is 4.90 Å². The van der Waals surface area contributed by atoms with Gasteiger partial charge in [-0.3, -0.25) is 9.59 Å². The number of halogens is 1. The van der Waals surface area contributed by atoms with Gasteiger partial charge in [-0.15, -0.1) is 11.8 Å². The highest BCUT2D eigenvalue weighted by Gasteiger charge is 2.29. The monoisotopic (exact) mass is 354 g/mol. The molecule has 0 radical (unpaired) electrons. The summed E-state index contributed by atoms with van der Waals surface area (Å²) in [5, 5.41) is 8.69. The highest BCUT2D eigenvalue weighted by atomic mass is 35.5. The normalized spacial score (nSPS) is 17.3. The number of nitrogens with zero attached hydrogens (tertiary/aromatic N) is 2. The first kappa shape index (κ1) is 17.4. The van der Waals surface area contributed by atoms with Gasteiger partial charge in [0.2, 0.25) is 0 Å². The molecule has 0 aromatic heterocycles. The first-order valence-corrected chi connectivity index (χ1v) is 8.27. The number of esters is 1. The summed E-state index contributed by atoms with van der Waals surface area (Å²) in [5.74, 6) is 0.460. The number of carbonyl (C=O) groups is 2. The molecule has 8 heteroatoms. The zero-order chi connectivity index (χ0) is 16.8. The van der Waals surface area contributed by atoms with E-state index in [0.717, 1.165) is 0 Å². The summed E-state index contributed by atoms with van der Waals surface area (Å²) >= 11 is 7.47. The minimum Gasteiger partial charge on any atom is -0.482 e. The number of hydrogen-bond donors (Lipinski definition) is 0. The zero-order valence-corrected chi connectivity index (χ0v) is 14.0. The molecule has 0 saturated carbocycles. The van der Waals surface area contributed by atoms with Crippen LogP contribution in [0.15, 0.2) is 18.2 Å². The van der Waals surface area contributed by atoms with Gasteiger partial charge < -0.3 is 14.4 Å². The summed E-state index contributed by atoms with van der Waals surface area (Å²) in [5.41, 5.74) is 0.419. The number of ether oxygens (including phenoxy) is 2. The van der Waals surface area contributed by atoms with E-state index >= 15 is 0 Å². The predicted molar refractivity (Wildman–Crippen MR) is 86.5 cm³/mol. The van der Waals surface area contributed by atoms with Gasteiger partial charge in [0, 0.05) is 18.8 Å². The molecular formula is C15H15ClN2O4S. The smallest absolute Gasteiger partial charge is 0.320 e. The van der Waals surface area contributed by atoms with Crippen LogP contribution >= 0.6 is 23.4 Å². The fraction of sp³-hybridized carbons (Fsp3) is 0.400. The van der Waals surface area contributed by atoms with Crippen LogP contribution in [0, 0.1) is 11.3 Å². The molecule has 0 N–H and O–H groups in total. The van der Waals surface area contributed by atoms with Crippen molar-refractivity contribution in [3.8, 4) is 11.8 Å². The first-order valence-electron chi connectivity index (χ1n) is 6.84. The molecule has 1 aromatic rings. The lowest BCUT2D eigenvalue weighted by molar-refractivity contribution is -0.141. The Kier molecular flexibility index (Phi) is 6.13. The molecule has 1 aliphatic rings. The summed E-state index contributed by atoms with van der Waals surface area (Å²) < 4.78 is 10.1. The maximum absolute atomic E-state index is 12.2. The van der Waals surface area contributed by atoms with Crippen LogP contribution < -0.4 is 4.74 Å². The number of amides is 1. The van der Waals surface area contributed by atoms with Gasteiger partial charge in [0.25, 0.3) is 5.91 Å². The van der Waals surface area contributed by atoms with Gasteiger partial charge in [0.15, 0.2) is 6.61 Å². The van der Waals surface area contributed by atoms with Crippen molar-refractivity contribution in [2.24, 2.45) is 0 Å². The summed E-state index contributed by atoms with van der Waals surface area (Å²) in [6, 6.07) is 6.57. The molecule has 1 aromatic carbocycles. The molecule has 2 rings (SSSR count). The van der Waals surface area contributed by atoms with Crippen molar-refractivity contribution >= 4 is 35.2 Å². The number of carbonyl (C=O) groups excluding carboxylic acids is 2. The van der Waals surface area contributed by atoms with E-state index in [4.69, 9.17) is 26.3 Å². The Bertz CT molecular complexity index is 647. The number of thioether (sulfide) groups is 1. The molecule has 1 saturated heterocycles. The molecule has 1 amide bonds. The van der Waals surface area contributed by atoms with E-state index in [9.17, 15) is 9.59 Å². The first-order chi connectivity index (χ1) is 11.0. The van der Waals surface area contributed by atoms with Crippen molar-refractivity contribution < 1.29 is 19.1 Å². The maximum atomic E-state index is 12.2. The Balaban J connectivity index is 1.92. The van der Waals surface area contributed by atoms with Crippen LogP contribution in [0.1, 0.15) is 5.56 Å². The van der Waals surface area contributed by atoms with Crippen molar-refractivity contribution in [2.75, 3.05) is 32.6 Å². The average molecular weight is 355 g/mol. The fourth-order valence-corrected chi connectivity index (χ4v) is 3.43. The molecule has 1 aliphatic heterocycles. The molecule has 6 nitrogen and oxygen atoms in total. The highest BCUT2D eigenvalue weighted by Crippen LogP contribution is 2.25. The Hall–Kier alpha value is -1.91. The number of methoxy groups -OCH3 is 1. The summed E-state index contributed by atoms with van der Waals surface area (Å²) in [6.07, 6.45) is 0. The van der Waals surface area contributed by atoms with Crippen molar-refractivity contribution in [2.45, 2.75) is 5.25 Å². The third kappa shape index (κ3) is 4.53. The number of benzene rings is 1. The second-order valence-corrected chi connectivity index (χ2v) is 6.49. The van der Waals surface area contributed by atoms with Gasteiger partial charge in [0.05, 0.1) is 23.8 Å². The number of hydrogen-bond acceptors (Lipinski definition) is 6. The van der Waals surface area contributed by atoms with E-state index in [2.05, 4.69) is 0 Å². The van der Waals surface area contributed by atoms with Crippen LogP contribution in [-0.2, 0) is 14.3 Å². The molecule has 0 spiro atoms. The molecule has 0 unspecified atom stereocenters. The Morgan fingerprint density at radius 2 is 2.30 bits per heavy atom. The fourth-order valence-electron chi connectivity index (χ4n) is 2.07. The lowest BCUT2D eigenvalue weighted by Gasteiger charge is -2.30. The quantitative estimate of drug-likeness (QED) is 0.766. The van der Waals surface area contributed by atoms with Crippen molar-refractivity contribution in [1.29, 1.82) is 5.26 Å². The molecule has 0 aliphatic carbocycles. The molecule has 1 fully saturated rings. The molecule has 1 heterocycles. The topological polar surface area (TPSA) is 79.6 Å². The number of nitriles is 1. The maximum Gasteiger partial charge on any atom is 0.320 e. The van der Waals surface area contributed by atoms with Gasteiger partial charge in [-0.1, -0.05) is 11.6 Å². The molecule has 1 atom stereocenters. The lowest BCUT2D eigenvalue weighted by atomic mass is 10.2. The second-order valence-electron chi connectivity index (χ2n) is 4.77. The van der Waals surface area contributed by atoms with Gasteiger partial charge in [-0.05, 0) is 18.2 Å². The van der Waals surface area contributed by atoms with E-state index < -0.39 is 0 Å². The summed E-state index contributed by atoms with van der Waals surface area (Å²) in [6.45, 7) is 0.687. The van der Waals surface area contributed by atoms with Crippen LogP contribution in [0.4, 0.5) is 0 Å². The van der Waals surface area contributed by atoms with Gasteiger partial charge in [-0.25, -0.2) is 0 Å². The standard InChI is InChI=1S/C15H15ClN2O4S/c1-21-15(20)13-8-18(4-5-23-13)14(19)9-22-12-3-2-10(7-17)6-11(12)16/h2-3,6,13H,4-5,8-9H2,1H3/t13-/m0/s1. The van der Waals surface area contributed by atoms with E-state index in [0.29, 0.717) is 30.2 Å². The zero-order valence-electron chi connectivity index (χ0n) is 12.5. The minimum atomic E-state index is -0.365. The van der Waals surface area contributed by atoms with Crippen molar-refractivity contribution in [3.63, 3.8) is 0 Å². The SMILES string of the molecule is COC(=O)[C@@H]1CN(C(=O)COc2ccc(C#N)cc2Cl)CCS1. The second kappa shape index (κ2) is 8.09. The third-order valence-corrected chi connectivity index (χ3v) is 4.75. The lowest BCUT2D eigenvalue weighted by Crippen LogP contribution is -2.46. The Morgan fingerprint density at radius 3 is 2.96 bits per heavy atom. The largest absolute Gasteiger partial charge is 0.482 e. The van der Waals surface area contributed by atoms with Gasteiger partial charge >= 0.3 is 5.97 Å². The summed E-state index contributed by atoms with van der Waals surface area (Å²) in [7, 11) is 1.33. The molecule has 0 bridgehead atoms. The average Bonchev–Trinajstić information content (AvgIpc) is 2.59. The summed E-state index contributed by atoms with van der Waals surface area (Å²) in [4.78, 5) is 25.3. The van der Waals surface area contributed by atoms with Crippen LogP contribution in [-0.4, -0.2) is 54.6 Å². The van der Waals surface area contributed by atoms with E-state index in [1.165, 1.54) is 24.9 Å². The van der Waals surface area contributed by atoms with E-state index in [1.807, 2.05) is 6.07 Å².